The maximum atomic E-state index is 14.6. The number of halogens is 1. The fraction of sp³-hybridized carbons (Fsp3) is 0.643. The molecule has 0 spiro atoms. The van der Waals surface area contributed by atoms with Gasteiger partial charge in [-0.25, -0.2) is 14.4 Å². The molecule has 0 atom stereocenters. The van der Waals surface area contributed by atoms with E-state index in [9.17, 15) is 4.39 Å². The second kappa shape index (κ2) is 12.9. The van der Waals surface area contributed by atoms with Gasteiger partial charge in [0.15, 0.2) is 5.82 Å². The van der Waals surface area contributed by atoms with Crippen molar-refractivity contribution in [3.8, 4) is 11.4 Å². The zero-order valence-electron chi connectivity index (χ0n) is 19.7. The minimum Gasteiger partial charge on any atom is -0.236 e. The number of hydrogen-bond donors (Lipinski definition) is 0. The zero-order chi connectivity index (χ0) is 21.9. The standard InChI is InChI=1S/C28H41FN2/c1-3-5-7-9-22-11-13-23(14-12-22)15-16-25-20-30-28(31-21-25)26-18-17-24(19-27(26)29)10-8-6-4-2/h17-23H,3-16H2,1-2H3. The summed E-state index contributed by atoms with van der Waals surface area (Å²) in [5.41, 5.74) is 2.74. The van der Waals surface area contributed by atoms with Crippen LogP contribution in [0, 0.1) is 17.7 Å². The number of aryl methyl sites for hydroxylation is 2. The second-order valence-electron chi connectivity index (χ2n) is 9.61. The quantitative estimate of drug-likeness (QED) is 0.320. The van der Waals surface area contributed by atoms with Crippen LogP contribution in [-0.2, 0) is 12.8 Å². The Bertz CT molecular complexity index is 763. The summed E-state index contributed by atoms with van der Waals surface area (Å²) in [6.07, 6.45) is 21.6. The first-order chi connectivity index (χ1) is 15.2. The Morgan fingerprint density at radius 3 is 2.06 bits per heavy atom. The third kappa shape index (κ3) is 7.70. The van der Waals surface area contributed by atoms with Gasteiger partial charge in [0.05, 0.1) is 5.56 Å². The largest absolute Gasteiger partial charge is 0.236 e. The molecule has 0 radical (unpaired) electrons. The number of aromatic nitrogens is 2. The smallest absolute Gasteiger partial charge is 0.162 e. The van der Waals surface area contributed by atoms with E-state index in [1.165, 1.54) is 76.2 Å². The van der Waals surface area contributed by atoms with Crippen LogP contribution in [0.3, 0.4) is 0 Å². The van der Waals surface area contributed by atoms with Crippen LogP contribution >= 0.6 is 0 Å². The lowest BCUT2D eigenvalue weighted by atomic mass is 9.78. The lowest BCUT2D eigenvalue weighted by Crippen LogP contribution is -2.15. The fourth-order valence-corrected chi connectivity index (χ4v) is 4.96. The van der Waals surface area contributed by atoms with Crippen LogP contribution in [0.2, 0.25) is 0 Å². The number of hydrogen-bond acceptors (Lipinski definition) is 2. The van der Waals surface area contributed by atoms with Gasteiger partial charge in [0.2, 0.25) is 0 Å². The molecule has 1 saturated carbocycles. The van der Waals surface area contributed by atoms with Crippen molar-refractivity contribution in [2.75, 3.05) is 0 Å². The van der Waals surface area contributed by atoms with Crippen LogP contribution in [-0.4, -0.2) is 9.97 Å². The number of nitrogens with zero attached hydrogens (tertiary/aromatic N) is 2. The SMILES string of the molecule is CCCCCc1ccc(-c2ncc(CCC3CCC(CCCCC)CC3)cn2)c(F)c1. The summed E-state index contributed by atoms with van der Waals surface area (Å²) >= 11 is 0. The van der Waals surface area contributed by atoms with Gasteiger partial charge in [0, 0.05) is 12.4 Å². The molecule has 0 bridgehead atoms. The first kappa shape index (κ1) is 23.9. The molecule has 1 aromatic heterocycles. The molecule has 1 aromatic carbocycles. The molecular formula is C28H41FN2. The predicted octanol–water partition coefficient (Wildman–Crippen LogP) is 8.33. The topological polar surface area (TPSA) is 25.8 Å². The van der Waals surface area contributed by atoms with Crippen molar-refractivity contribution >= 4 is 0 Å². The third-order valence-electron chi connectivity index (χ3n) is 7.07. The molecule has 0 unspecified atom stereocenters. The molecule has 1 fully saturated rings. The molecule has 0 N–H and O–H groups in total. The Hall–Kier alpha value is -1.77. The number of rotatable bonds is 12. The van der Waals surface area contributed by atoms with Crippen molar-refractivity contribution in [3.05, 3.63) is 47.5 Å². The molecule has 2 aromatic rings. The maximum Gasteiger partial charge on any atom is 0.162 e. The molecule has 1 heterocycles. The minimum atomic E-state index is -0.211. The van der Waals surface area contributed by atoms with Crippen LogP contribution in [0.4, 0.5) is 4.39 Å². The molecule has 1 aliphatic rings. The summed E-state index contributed by atoms with van der Waals surface area (Å²) < 4.78 is 14.6. The van der Waals surface area contributed by atoms with E-state index >= 15 is 0 Å². The number of unbranched alkanes of at least 4 members (excludes halogenated alkanes) is 4. The van der Waals surface area contributed by atoms with E-state index in [1.54, 1.807) is 6.07 Å². The Balaban J connectivity index is 1.45. The van der Waals surface area contributed by atoms with Crippen molar-refractivity contribution in [3.63, 3.8) is 0 Å². The van der Waals surface area contributed by atoms with E-state index in [0.29, 0.717) is 11.4 Å². The molecule has 0 saturated heterocycles. The highest BCUT2D eigenvalue weighted by atomic mass is 19.1. The van der Waals surface area contributed by atoms with E-state index in [2.05, 4.69) is 23.8 Å². The third-order valence-corrected chi connectivity index (χ3v) is 7.07. The molecule has 1 aliphatic carbocycles. The van der Waals surface area contributed by atoms with Gasteiger partial charge in [-0.15, -0.1) is 0 Å². The van der Waals surface area contributed by atoms with Crippen molar-refractivity contribution in [1.29, 1.82) is 0 Å². The van der Waals surface area contributed by atoms with Gasteiger partial charge >= 0.3 is 0 Å². The van der Waals surface area contributed by atoms with Crippen molar-refractivity contribution < 1.29 is 4.39 Å². The van der Waals surface area contributed by atoms with Crippen molar-refractivity contribution in [2.45, 2.75) is 104 Å². The summed E-state index contributed by atoms with van der Waals surface area (Å²) in [6, 6.07) is 5.51. The van der Waals surface area contributed by atoms with Crippen LogP contribution in [0.5, 0.6) is 0 Å². The highest BCUT2D eigenvalue weighted by Gasteiger charge is 2.20. The van der Waals surface area contributed by atoms with Crippen molar-refractivity contribution in [1.82, 2.24) is 9.97 Å². The van der Waals surface area contributed by atoms with E-state index in [-0.39, 0.29) is 5.82 Å². The highest BCUT2D eigenvalue weighted by Crippen LogP contribution is 2.34. The molecule has 170 valence electrons. The van der Waals surface area contributed by atoms with E-state index in [0.717, 1.165) is 36.7 Å². The molecule has 0 amide bonds. The van der Waals surface area contributed by atoms with Gasteiger partial charge in [-0.05, 0) is 60.8 Å². The Morgan fingerprint density at radius 1 is 0.774 bits per heavy atom. The van der Waals surface area contributed by atoms with Crippen LogP contribution in [0.1, 0.15) is 102 Å². The van der Waals surface area contributed by atoms with E-state index < -0.39 is 0 Å². The molecule has 3 rings (SSSR count). The first-order valence-corrected chi connectivity index (χ1v) is 12.8. The van der Waals surface area contributed by atoms with E-state index in [1.807, 2.05) is 24.5 Å². The second-order valence-corrected chi connectivity index (χ2v) is 9.61. The van der Waals surface area contributed by atoms with Gasteiger partial charge in [-0.2, -0.15) is 0 Å². The highest BCUT2D eigenvalue weighted by molar-refractivity contribution is 5.56. The number of benzene rings is 1. The Labute approximate surface area is 189 Å². The van der Waals surface area contributed by atoms with Gasteiger partial charge < -0.3 is 0 Å². The van der Waals surface area contributed by atoms with Crippen LogP contribution < -0.4 is 0 Å². The van der Waals surface area contributed by atoms with Gasteiger partial charge in [-0.3, -0.25) is 0 Å². The first-order valence-electron chi connectivity index (χ1n) is 12.8. The predicted molar refractivity (Wildman–Crippen MR) is 129 cm³/mol. The molecule has 31 heavy (non-hydrogen) atoms. The summed E-state index contributed by atoms with van der Waals surface area (Å²) in [4.78, 5) is 8.96. The zero-order valence-corrected chi connectivity index (χ0v) is 19.7. The minimum absolute atomic E-state index is 0.211. The molecule has 3 heteroatoms. The van der Waals surface area contributed by atoms with E-state index in [4.69, 9.17) is 0 Å². The summed E-state index contributed by atoms with van der Waals surface area (Å²) in [5, 5.41) is 0. The monoisotopic (exact) mass is 424 g/mol. The lowest BCUT2D eigenvalue weighted by molar-refractivity contribution is 0.249. The maximum absolute atomic E-state index is 14.6. The Morgan fingerprint density at radius 2 is 1.42 bits per heavy atom. The fourth-order valence-electron chi connectivity index (χ4n) is 4.96. The summed E-state index contributed by atoms with van der Waals surface area (Å²) in [5.74, 6) is 2.10. The van der Waals surface area contributed by atoms with Gasteiger partial charge in [-0.1, -0.05) is 84.1 Å². The van der Waals surface area contributed by atoms with Gasteiger partial charge in [0.1, 0.15) is 5.82 Å². The van der Waals surface area contributed by atoms with Crippen LogP contribution in [0.15, 0.2) is 30.6 Å². The molecule has 0 aliphatic heterocycles. The average molecular weight is 425 g/mol. The van der Waals surface area contributed by atoms with Crippen molar-refractivity contribution in [2.24, 2.45) is 11.8 Å². The normalized spacial score (nSPS) is 18.9. The molecular weight excluding hydrogens is 383 g/mol. The van der Waals surface area contributed by atoms with Gasteiger partial charge in [0.25, 0.3) is 0 Å². The Kier molecular flexibility index (Phi) is 9.96. The summed E-state index contributed by atoms with van der Waals surface area (Å²) in [6.45, 7) is 4.47. The summed E-state index contributed by atoms with van der Waals surface area (Å²) in [7, 11) is 0. The lowest BCUT2D eigenvalue weighted by Gasteiger charge is -2.28. The average Bonchev–Trinajstić information content (AvgIpc) is 2.79. The molecule has 2 nitrogen and oxygen atoms in total. The van der Waals surface area contributed by atoms with Crippen LogP contribution in [0.25, 0.3) is 11.4 Å².